The van der Waals surface area contributed by atoms with Crippen LogP contribution in [0.15, 0.2) is 16.8 Å². The minimum Gasteiger partial charge on any atom is -0.243 e. The molecule has 0 unspecified atom stereocenters. The summed E-state index contributed by atoms with van der Waals surface area (Å²) < 4.78 is 4.57. The highest BCUT2D eigenvalue weighted by Crippen LogP contribution is 2.14. The van der Waals surface area contributed by atoms with Crippen molar-refractivity contribution in [2.45, 2.75) is 13.8 Å². The molecule has 0 aliphatic heterocycles. The molecule has 0 saturated heterocycles. The Bertz CT molecular complexity index is 356. The average molecular weight is 148 g/mol. The number of fused-ring (bicyclic) bond motifs is 1. The quantitative estimate of drug-likeness (QED) is 0.572. The molecule has 11 heavy (non-hydrogen) atoms. The monoisotopic (exact) mass is 148 g/mol. The molecule has 1 aromatic heterocycles. The van der Waals surface area contributed by atoms with Crippen molar-refractivity contribution in [3.05, 3.63) is 23.3 Å². The van der Waals surface area contributed by atoms with Gasteiger partial charge in [-0.2, -0.15) is 0 Å². The van der Waals surface area contributed by atoms with Crippen LogP contribution >= 0.6 is 0 Å². The first-order chi connectivity index (χ1) is 5.27. The Morgan fingerprint density at radius 2 is 1.45 bits per heavy atom. The number of hydrogen-bond donors (Lipinski definition) is 0. The smallest absolute Gasteiger partial charge is 0.135 e. The number of benzene rings is 1. The Balaban J connectivity index is 2.86. The van der Waals surface area contributed by atoms with Gasteiger partial charge in [-0.05, 0) is 47.4 Å². The zero-order valence-corrected chi connectivity index (χ0v) is 6.46. The first-order valence-electron chi connectivity index (χ1n) is 3.47. The van der Waals surface area contributed by atoms with Gasteiger partial charge in [-0.3, -0.25) is 0 Å². The molecule has 0 aliphatic carbocycles. The van der Waals surface area contributed by atoms with E-state index in [4.69, 9.17) is 0 Å². The normalized spacial score (nSPS) is 10.7. The van der Waals surface area contributed by atoms with Gasteiger partial charge in [-0.25, -0.2) is 4.63 Å². The number of rotatable bonds is 0. The zero-order valence-electron chi connectivity index (χ0n) is 6.46. The highest BCUT2D eigenvalue weighted by Gasteiger charge is 2.01. The van der Waals surface area contributed by atoms with Crippen molar-refractivity contribution in [2.75, 3.05) is 0 Å². The van der Waals surface area contributed by atoms with E-state index in [9.17, 15) is 0 Å². The molecular weight excluding hydrogens is 140 g/mol. The lowest BCUT2D eigenvalue weighted by atomic mass is 10.1. The summed E-state index contributed by atoms with van der Waals surface area (Å²) in [5, 5.41) is 7.47. The van der Waals surface area contributed by atoms with Crippen LogP contribution in [0.5, 0.6) is 0 Å². The van der Waals surface area contributed by atoms with Gasteiger partial charge in [0, 0.05) is 0 Å². The third-order valence-electron chi connectivity index (χ3n) is 1.87. The number of nitrogens with zero attached hydrogens (tertiary/aromatic N) is 2. The van der Waals surface area contributed by atoms with Gasteiger partial charge >= 0.3 is 0 Å². The molecule has 0 bridgehead atoms. The van der Waals surface area contributed by atoms with Gasteiger partial charge in [0.25, 0.3) is 0 Å². The van der Waals surface area contributed by atoms with Crippen LogP contribution in [-0.4, -0.2) is 10.3 Å². The molecule has 2 aromatic rings. The van der Waals surface area contributed by atoms with Crippen molar-refractivity contribution >= 4 is 11.0 Å². The maximum atomic E-state index is 4.57. The summed E-state index contributed by atoms with van der Waals surface area (Å²) in [6.45, 7) is 4.09. The third-order valence-corrected chi connectivity index (χ3v) is 1.87. The summed E-state index contributed by atoms with van der Waals surface area (Å²) in [5.41, 5.74) is 4.09. The van der Waals surface area contributed by atoms with E-state index < -0.39 is 0 Å². The van der Waals surface area contributed by atoms with Crippen LogP contribution in [0.25, 0.3) is 11.0 Å². The number of hydrogen-bond acceptors (Lipinski definition) is 3. The molecule has 0 atom stereocenters. The Hall–Kier alpha value is -1.38. The van der Waals surface area contributed by atoms with Crippen LogP contribution in [0.2, 0.25) is 0 Å². The van der Waals surface area contributed by atoms with Crippen LogP contribution in [0.3, 0.4) is 0 Å². The molecule has 56 valence electrons. The van der Waals surface area contributed by atoms with E-state index in [-0.39, 0.29) is 0 Å². The Kier molecular flexibility index (Phi) is 1.18. The van der Waals surface area contributed by atoms with Gasteiger partial charge in [0.15, 0.2) is 0 Å². The fraction of sp³-hybridized carbons (Fsp3) is 0.250. The van der Waals surface area contributed by atoms with E-state index in [1.807, 2.05) is 26.0 Å². The van der Waals surface area contributed by atoms with E-state index in [0.717, 1.165) is 11.0 Å². The molecule has 0 fully saturated rings. The molecule has 0 amide bonds. The first kappa shape index (κ1) is 6.34. The molecule has 1 aromatic carbocycles. The second-order valence-electron chi connectivity index (χ2n) is 2.69. The van der Waals surface area contributed by atoms with Crippen molar-refractivity contribution in [3.8, 4) is 0 Å². The van der Waals surface area contributed by atoms with Gasteiger partial charge < -0.3 is 0 Å². The highest BCUT2D eigenvalue weighted by atomic mass is 16.6. The number of aryl methyl sites for hydroxylation is 2. The van der Waals surface area contributed by atoms with Crippen molar-refractivity contribution in [1.82, 2.24) is 10.3 Å². The van der Waals surface area contributed by atoms with Gasteiger partial charge in [0.2, 0.25) is 0 Å². The van der Waals surface area contributed by atoms with Crippen molar-refractivity contribution in [3.63, 3.8) is 0 Å². The lowest BCUT2D eigenvalue weighted by Crippen LogP contribution is -1.79. The van der Waals surface area contributed by atoms with E-state index in [1.165, 1.54) is 11.1 Å². The Morgan fingerprint density at radius 1 is 1.00 bits per heavy atom. The van der Waals surface area contributed by atoms with Crippen LogP contribution in [0.4, 0.5) is 0 Å². The molecule has 2 rings (SSSR count). The molecule has 3 nitrogen and oxygen atoms in total. The van der Waals surface area contributed by atoms with Crippen LogP contribution in [-0.2, 0) is 0 Å². The van der Waals surface area contributed by atoms with Gasteiger partial charge in [0.05, 0.1) is 0 Å². The van der Waals surface area contributed by atoms with Gasteiger partial charge in [-0.1, -0.05) is 0 Å². The fourth-order valence-corrected chi connectivity index (χ4v) is 1.04. The maximum absolute atomic E-state index is 4.57. The van der Waals surface area contributed by atoms with E-state index in [2.05, 4.69) is 14.9 Å². The Labute approximate surface area is 64.0 Å². The predicted molar refractivity (Wildman–Crippen MR) is 41.3 cm³/mol. The summed E-state index contributed by atoms with van der Waals surface area (Å²) >= 11 is 0. The van der Waals surface area contributed by atoms with E-state index >= 15 is 0 Å². The average Bonchev–Trinajstić information content (AvgIpc) is 2.36. The largest absolute Gasteiger partial charge is 0.243 e. The summed E-state index contributed by atoms with van der Waals surface area (Å²) in [6.07, 6.45) is 0. The molecule has 1 heterocycles. The molecule has 0 spiro atoms. The van der Waals surface area contributed by atoms with Crippen molar-refractivity contribution in [2.24, 2.45) is 0 Å². The number of aromatic nitrogens is 2. The van der Waals surface area contributed by atoms with Crippen LogP contribution in [0.1, 0.15) is 11.1 Å². The first-order valence-corrected chi connectivity index (χ1v) is 3.47. The molecule has 0 N–H and O–H groups in total. The second kappa shape index (κ2) is 2.05. The van der Waals surface area contributed by atoms with E-state index in [1.54, 1.807) is 0 Å². The zero-order chi connectivity index (χ0) is 7.84. The minimum atomic E-state index is 0.827. The fourth-order valence-electron chi connectivity index (χ4n) is 1.04. The summed E-state index contributed by atoms with van der Waals surface area (Å²) in [6, 6.07) is 3.95. The molecule has 0 saturated carbocycles. The van der Waals surface area contributed by atoms with Crippen molar-refractivity contribution in [1.29, 1.82) is 0 Å². The minimum absolute atomic E-state index is 0.827. The Morgan fingerprint density at radius 3 is 1.91 bits per heavy atom. The van der Waals surface area contributed by atoms with Crippen LogP contribution in [0, 0.1) is 13.8 Å². The summed E-state index contributed by atoms with van der Waals surface area (Å²) in [7, 11) is 0. The summed E-state index contributed by atoms with van der Waals surface area (Å²) in [4.78, 5) is 0. The molecule has 3 heteroatoms. The maximum Gasteiger partial charge on any atom is 0.135 e. The third kappa shape index (κ3) is 0.888. The SMILES string of the molecule is Cc1cc2nonc2cc1C. The predicted octanol–water partition coefficient (Wildman–Crippen LogP) is 1.84. The molecule has 0 aliphatic rings. The van der Waals surface area contributed by atoms with E-state index in [0.29, 0.717) is 0 Å². The highest BCUT2D eigenvalue weighted by molar-refractivity contribution is 5.74. The second-order valence-corrected chi connectivity index (χ2v) is 2.69. The topological polar surface area (TPSA) is 38.9 Å². The molecule has 0 radical (unpaired) electrons. The summed E-state index contributed by atoms with van der Waals surface area (Å²) in [5.74, 6) is 0. The standard InChI is InChI=1S/C8H8N2O/c1-5-3-7-8(4-6(5)2)10-11-9-7/h3-4H,1-2H3. The van der Waals surface area contributed by atoms with Gasteiger partial charge in [-0.15, -0.1) is 0 Å². The van der Waals surface area contributed by atoms with Crippen molar-refractivity contribution < 1.29 is 4.63 Å². The van der Waals surface area contributed by atoms with Crippen LogP contribution < -0.4 is 0 Å². The lowest BCUT2D eigenvalue weighted by molar-refractivity contribution is 0.315. The van der Waals surface area contributed by atoms with Gasteiger partial charge in [0.1, 0.15) is 11.0 Å². The lowest BCUT2D eigenvalue weighted by Gasteiger charge is -1.95. The molecular formula is C8H8N2O.